The van der Waals surface area contributed by atoms with Crippen molar-refractivity contribution in [2.24, 2.45) is 5.92 Å². The van der Waals surface area contributed by atoms with Gasteiger partial charge in [0.2, 0.25) is 11.8 Å². The van der Waals surface area contributed by atoms with Crippen LogP contribution in [0.3, 0.4) is 0 Å². The highest BCUT2D eigenvalue weighted by Crippen LogP contribution is 2.38. The van der Waals surface area contributed by atoms with Crippen molar-refractivity contribution in [3.63, 3.8) is 0 Å². The van der Waals surface area contributed by atoms with Gasteiger partial charge in [0.25, 0.3) is 0 Å². The summed E-state index contributed by atoms with van der Waals surface area (Å²) in [6.45, 7) is 4.54. The summed E-state index contributed by atoms with van der Waals surface area (Å²) in [5.74, 6) is 0.783. The third-order valence-corrected chi connectivity index (χ3v) is 5.61. The van der Waals surface area contributed by atoms with Crippen molar-refractivity contribution in [2.75, 3.05) is 6.54 Å². The van der Waals surface area contributed by atoms with Crippen LogP contribution in [0.15, 0.2) is 0 Å². The maximum atomic E-state index is 13.0. The quantitative estimate of drug-likeness (QED) is 0.842. The molecule has 1 aliphatic heterocycles. The minimum atomic E-state index is -0.701. The molecule has 112 valence electrons. The predicted molar refractivity (Wildman–Crippen MR) is 77.1 cm³/mol. The fourth-order valence-corrected chi connectivity index (χ4v) is 4.14. The van der Waals surface area contributed by atoms with Gasteiger partial charge < -0.3 is 10.2 Å². The lowest BCUT2D eigenvalue weighted by Crippen LogP contribution is -2.73. The van der Waals surface area contributed by atoms with Gasteiger partial charge in [-0.2, -0.15) is 0 Å². The second kappa shape index (κ2) is 4.74. The minimum absolute atomic E-state index is 0.0250. The van der Waals surface area contributed by atoms with Crippen LogP contribution in [0.25, 0.3) is 0 Å². The van der Waals surface area contributed by atoms with Gasteiger partial charge in [0.05, 0.1) is 0 Å². The average molecular weight is 278 g/mol. The summed E-state index contributed by atoms with van der Waals surface area (Å²) in [4.78, 5) is 27.4. The number of nitrogens with one attached hydrogen (secondary N) is 1. The van der Waals surface area contributed by atoms with Gasteiger partial charge in [0.1, 0.15) is 11.1 Å². The van der Waals surface area contributed by atoms with Gasteiger partial charge in [-0.1, -0.05) is 25.7 Å². The zero-order chi connectivity index (χ0) is 14.4. The summed E-state index contributed by atoms with van der Waals surface area (Å²) in [7, 11) is 0. The molecule has 1 N–H and O–H groups in total. The third kappa shape index (κ3) is 2.04. The van der Waals surface area contributed by atoms with Crippen LogP contribution in [0.2, 0.25) is 0 Å². The Kier molecular flexibility index (Phi) is 3.30. The van der Waals surface area contributed by atoms with Gasteiger partial charge in [0, 0.05) is 6.54 Å². The van der Waals surface area contributed by atoms with Crippen molar-refractivity contribution in [1.29, 1.82) is 0 Å². The normalized spacial score (nSPS) is 29.2. The van der Waals surface area contributed by atoms with Gasteiger partial charge in [0.15, 0.2) is 0 Å². The SMILES string of the molecule is CC1(C)C(=O)NC2(CCCC2)C(=O)N1CC1CCCC1. The van der Waals surface area contributed by atoms with Gasteiger partial charge in [-0.25, -0.2) is 0 Å². The van der Waals surface area contributed by atoms with E-state index >= 15 is 0 Å². The zero-order valence-corrected chi connectivity index (χ0v) is 12.7. The molecule has 2 aliphatic carbocycles. The van der Waals surface area contributed by atoms with E-state index in [0.717, 1.165) is 32.2 Å². The smallest absolute Gasteiger partial charge is 0.249 e. The van der Waals surface area contributed by atoms with E-state index in [2.05, 4.69) is 5.32 Å². The molecule has 1 heterocycles. The highest BCUT2D eigenvalue weighted by molar-refractivity contribution is 6.02. The van der Waals surface area contributed by atoms with E-state index in [4.69, 9.17) is 0 Å². The number of carbonyl (C=O) groups excluding carboxylic acids is 2. The van der Waals surface area contributed by atoms with Crippen LogP contribution in [0.4, 0.5) is 0 Å². The molecular weight excluding hydrogens is 252 g/mol. The monoisotopic (exact) mass is 278 g/mol. The highest BCUT2D eigenvalue weighted by atomic mass is 16.2. The molecule has 2 saturated carbocycles. The van der Waals surface area contributed by atoms with Crippen molar-refractivity contribution in [1.82, 2.24) is 10.2 Å². The topological polar surface area (TPSA) is 49.4 Å². The van der Waals surface area contributed by atoms with Crippen LogP contribution in [-0.2, 0) is 9.59 Å². The first-order valence-electron chi connectivity index (χ1n) is 8.10. The molecule has 1 spiro atoms. The molecule has 0 unspecified atom stereocenters. The van der Waals surface area contributed by atoms with E-state index in [9.17, 15) is 9.59 Å². The molecule has 0 aromatic carbocycles. The van der Waals surface area contributed by atoms with E-state index in [-0.39, 0.29) is 11.8 Å². The molecule has 20 heavy (non-hydrogen) atoms. The summed E-state index contributed by atoms with van der Waals surface area (Å²) in [5.41, 5.74) is -1.28. The Bertz CT molecular complexity index is 418. The maximum absolute atomic E-state index is 13.0. The maximum Gasteiger partial charge on any atom is 0.249 e. The van der Waals surface area contributed by atoms with Crippen LogP contribution < -0.4 is 5.32 Å². The largest absolute Gasteiger partial charge is 0.340 e. The molecule has 4 nitrogen and oxygen atoms in total. The van der Waals surface area contributed by atoms with Gasteiger partial charge in [-0.05, 0) is 45.4 Å². The highest BCUT2D eigenvalue weighted by Gasteiger charge is 2.55. The number of carbonyl (C=O) groups is 2. The van der Waals surface area contributed by atoms with Crippen LogP contribution in [0.1, 0.15) is 65.2 Å². The Balaban J connectivity index is 1.86. The Hall–Kier alpha value is -1.06. The second-order valence-electron chi connectivity index (χ2n) is 7.37. The summed E-state index contributed by atoms with van der Waals surface area (Å²) in [6.07, 6.45) is 8.66. The van der Waals surface area contributed by atoms with Crippen molar-refractivity contribution in [3.8, 4) is 0 Å². The summed E-state index contributed by atoms with van der Waals surface area (Å²) in [5, 5.41) is 3.06. The van der Waals surface area contributed by atoms with Crippen molar-refractivity contribution >= 4 is 11.8 Å². The number of rotatable bonds is 2. The van der Waals surface area contributed by atoms with Crippen LogP contribution >= 0.6 is 0 Å². The molecule has 3 aliphatic rings. The molecule has 2 amide bonds. The Morgan fingerprint density at radius 2 is 1.70 bits per heavy atom. The molecule has 0 aromatic rings. The second-order valence-corrected chi connectivity index (χ2v) is 7.37. The van der Waals surface area contributed by atoms with E-state index in [1.165, 1.54) is 25.7 Å². The van der Waals surface area contributed by atoms with E-state index in [0.29, 0.717) is 5.92 Å². The van der Waals surface area contributed by atoms with Gasteiger partial charge >= 0.3 is 0 Å². The zero-order valence-electron chi connectivity index (χ0n) is 12.7. The van der Waals surface area contributed by atoms with Gasteiger partial charge in [-0.3, -0.25) is 9.59 Å². The van der Waals surface area contributed by atoms with Crippen LogP contribution in [-0.4, -0.2) is 34.3 Å². The minimum Gasteiger partial charge on any atom is -0.340 e. The first kappa shape index (κ1) is 13.9. The number of piperazine rings is 1. The summed E-state index contributed by atoms with van der Waals surface area (Å²) in [6, 6.07) is 0. The number of hydrogen-bond donors (Lipinski definition) is 1. The van der Waals surface area contributed by atoms with E-state index in [1.54, 1.807) is 0 Å². The number of amides is 2. The average Bonchev–Trinajstić information content (AvgIpc) is 3.05. The number of nitrogens with zero attached hydrogens (tertiary/aromatic N) is 1. The third-order valence-electron chi connectivity index (χ3n) is 5.61. The first-order valence-corrected chi connectivity index (χ1v) is 8.10. The molecule has 3 rings (SSSR count). The fraction of sp³-hybridized carbons (Fsp3) is 0.875. The molecule has 0 bridgehead atoms. The molecule has 0 radical (unpaired) electrons. The molecule has 0 atom stereocenters. The predicted octanol–water partition coefficient (Wildman–Crippen LogP) is 2.23. The molecule has 0 aromatic heterocycles. The van der Waals surface area contributed by atoms with Gasteiger partial charge in [-0.15, -0.1) is 0 Å². The summed E-state index contributed by atoms with van der Waals surface area (Å²) >= 11 is 0. The summed E-state index contributed by atoms with van der Waals surface area (Å²) < 4.78 is 0. The lowest BCUT2D eigenvalue weighted by molar-refractivity contribution is -0.161. The van der Waals surface area contributed by atoms with Crippen molar-refractivity contribution in [2.45, 2.75) is 76.3 Å². The number of hydrogen-bond acceptors (Lipinski definition) is 2. The van der Waals surface area contributed by atoms with E-state index < -0.39 is 11.1 Å². The molecule has 1 saturated heterocycles. The fourth-order valence-electron chi connectivity index (χ4n) is 4.14. The Morgan fingerprint density at radius 3 is 2.30 bits per heavy atom. The molecule has 3 fully saturated rings. The van der Waals surface area contributed by atoms with Crippen molar-refractivity contribution in [3.05, 3.63) is 0 Å². The Morgan fingerprint density at radius 1 is 1.10 bits per heavy atom. The molecule has 4 heteroatoms. The lowest BCUT2D eigenvalue weighted by atomic mass is 9.85. The Labute approximate surface area is 121 Å². The lowest BCUT2D eigenvalue weighted by Gasteiger charge is -2.49. The first-order chi connectivity index (χ1) is 9.46. The van der Waals surface area contributed by atoms with E-state index in [1.807, 2.05) is 18.7 Å². The standard InChI is InChI=1S/C16H26N2O2/c1-15(2)13(19)17-16(9-5-6-10-16)14(20)18(15)11-12-7-3-4-8-12/h12H,3-11H2,1-2H3,(H,17,19). The van der Waals surface area contributed by atoms with Crippen LogP contribution in [0.5, 0.6) is 0 Å². The van der Waals surface area contributed by atoms with Crippen LogP contribution in [0, 0.1) is 5.92 Å². The molecular formula is C16H26N2O2. The van der Waals surface area contributed by atoms with Crippen molar-refractivity contribution < 1.29 is 9.59 Å².